The largest absolute Gasteiger partial charge is 0.479 e. The van der Waals surface area contributed by atoms with Crippen LogP contribution in [-0.2, 0) is 4.74 Å². The van der Waals surface area contributed by atoms with E-state index in [1.54, 1.807) is 4.57 Å². The Hall–Kier alpha value is -1.97. The van der Waals surface area contributed by atoms with Crippen molar-refractivity contribution in [3.63, 3.8) is 0 Å². The molecule has 3 rings (SSSR count). The van der Waals surface area contributed by atoms with Crippen molar-refractivity contribution in [2.24, 2.45) is 0 Å². The molecule has 20 heavy (non-hydrogen) atoms. The van der Waals surface area contributed by atoms with Crippen LogP contribution >= 0.6 is 0 Å². The maximum Gasteiger partial charge on any atom is 0.246 e. The Kier molecular flexibility index (Phi) is 3.16. The van der Waals surface area contributed by atoms with E-state index in [0.717, 1.165) is 0 Å². The summed E-state index contributed by atoms with van der Waals surface area (Å²) < 4.78 is 12.3. The molecule has 3 atom stereocenters. The quantitative estimate of drug-likeness (QED) is 0.657. The molecule has 0 radical (unpaired) electrons. The van der Waals surface area contributed by atoms with Gasteiger partial charge < -0.3 is 25.4 Å². The van der Waals surface area contributed by atoms with Gasteiger partial charge >= 0.3 is 0 Å². The fourth-order valence-electron chi connectivity index (χ4n) is 2.31. The highest BCUT2D eigenvalue weighted by Gasteiger charge is 2.35. The van der Waals surface area contributed by atoms with Gasteiger partial charge in [0.2, 0.25) is 11.8 Å². The van der Waals surface area contributed by atoms with Crippen LogP contribution in [0.2, 0.25) is 0 Å². The Morgan fingerprint density at radius 3 is 3.00 bits per heavy atom. The molecule has 3 heterocycles. The second kappa shape index (κ2) is 4.85. The van der Waals surface area contributed by atoms with E-state index in [9.17, 15) is 5.11 Å². The minimum absolute atomic E-state index is 0.0633. The van der Waals surface area contributed by atoms with Crippen LogP contribution in [-0.4, -0.2) is 55.7 Å². The van der Waals surface area contributed by atoms with E-state index >= 15 is 0 Å². The fraction of sp³-hybridized carbons (Fsp3) is 0.545. The highest BCUT2D eigenvalue weighted by molar-refractivity contribution is 5.77. The highest BCUT2D eigenvalue weighted by atomic mass is 16.5. The number of anilines is 1. The van der Waals surface area contributed by atoms with E-state index in [1.807, 2.05) is 0 Å². The molecule has 108 valence electrons. The normalized spacial score (nSPS) is 26.2. The summed E-state index contributed by atoms with van der Waals surface area (Å²) in [5.74, 6) is 0.344. The molecule has 2 aromatic rings. The maximum absolute atomic E-state index is 9.78. The van der Waals surface area contributed by atoms with Crippen LogP contribution in [0.15, 0.2) is 6.33 Å². The monoisotopic (exact) mass is 281 g/mol. The molecule has 0 spiro atoms. The molecule has 2 aromatic heterocycles. The number of fused-ring (bicyclic) bond motifs is 1. The lowest BCUT2D eigenvalue weighted by molar-refractivity contribution is -0.0432. The summed E-state index contributed by atoms with van der Waals surface area (Å²) in [7, 11) is 1.47. The third kappa shape index (κ3) is 1.96. The van der Waals surface area contributed by atoms with Crippen LogP contribution in [0, 0.1) is 0 Å². The Morgan fingerprint density at radius 2 is 2.35 bits per heavy atom. The summed E-state index contributed by atoms with van der Waals surface area (Å²) in [6, 6.07) is 0. The second-order valence-corrected chi connectivity index (χ2v) is 4.53. The van der Waals surface area contributed by atoms with Gasteiger partial charge in [-0.05, 0) is 0 Å². The molecule has 1 aliphatic rings. The van der Waals surface area contributed by atoms with Gasteiger partial charge in [0.1, 0.15) is 12.3 Å². The van der Waals surface area contributed by atoms with Crippen molar-refractivity contribution in [1.82, 2.24) is 19.5 Å². The average molecular weight is 281 g/mol. The van der Waals surface area contributed by atoms with Gasteiger partial charge in [0.05, 0.1) is 26.1 Å². The van der Waals surface area contributed by atoms with E-state index in [1.165, 1.54) is 13.4 Å². The van der Waals surface area contributed by atoms with E-state index < -0.39 is 18.4 Å². The molecule has 9 nitrogen and oxygen atoms in total. The van der Waals surface area contributed by atoms with Crippen molar-refractivity contribution >= 4 is 17.1 Å². The van der Waals surface area contributed by atoms with E-state index in [-0.39, 0.29) is 18.4 Å². The molecule has 0 aromatic carbocycles. The average Bonchev–Trinajstić information content (AvgIpc) is 3.00. The summed E-state index contributed by atoms with van der Waals surface area (Å²) in [4.78, 5) is 12.3. The lowest BCUT2D eigenvalue weighted by Crippen LogP contribution is -2.24. The van der Waals surface area contributed by atoms with Crippen molar-refractivity contribution in [2.75, 3.05) is 19.5 Å². The van der Waals surface area contributed by atoms with Gasteiger partial charge in [-0.3, -0.25) is 4.57 Å². The number of aromatic nitrogens is 4. The number of ether oxygens (including phenoxy) is 2. The summed E-state index contributed by atoms with van der Waals surface area (Å²) in [5.41, 5.74) is 6.56. The van der Waals surface area contributed by atoms with Crippen LogP contribution < -0.4 is 10.5 Å². The van der Waals surface area contributed by atoms with Gasteiger partial charge in [0, 0.05) is 6.42 Å². The number of rotatable bonds is 3. The molecule has 1 aliphatic heterocycles. The minimum Gasteiger partial charge on any atom is -0.479 e. The fourth-order valence-corrected chi connectivity index (χ4v) is 2.31. The Morgan fingerprint density at radius 1 is 1.55 bits per heavy atom. The Bertz CT molecular complexity index is 631. The standard InChI is InChI=1S/C11H15N5O4/c1-19-10-8-9(14-11(12)15-10)16(4-13-8)7-2-5(18)6(3-17)20-7/h4-7,17-18H,2-3H2,1H3,(H2,12,14,15)/t5-,6+,7?/m0/s1. The number of nitrogens with zero attached hydrogens (tertiary/aromatic N) is 4. The maximum atomic E-state index is 9.78. The number of aliphatic hydroxyl groups is 2. The summed E-state index contributed by atoms with van der Waals surface area (Å²) in [5, 5.41) is 18.9. The SMILES string of the molecule is COc1nc(N)nc2c1ncn2C1C[C@H](O)[C@@H](CO)O1. The Labute approximate surface area is 114 Å². The first-order chi connectivity index (χ1) is 9.63. The van der Waals surface area contributed by atoms with E-state index in [2.05, 4.69) is 15.0 Å². The van der Waals surface area contributed by atoms with Crippen molar-refractivity contribution in [3.05, 3.63) is 6.33 Å². The van der Waals surface area contributed by atoms with E-state index in [4.69, 9.17) is 20.3 Å². The number of nitrogens with two attached hydrogens (primary N) is 1. The first-order valence-electron chi connectivity index (χ1n) is 6.12. The molecule has 1 fully saturated rings. The molecule has 4 N–H and O–H groups in total. The predicted octanol–water partition coefficient (Wildman–Crippen LogP) is -0.942. The number of hydrogen-bond donors (Lipinski definition) is 3. The molecule has 9 heteroatoms. The molecule has 1 saturated heterocycles. The van der Waals surface area contributed by atoms with Gasteiger partial charge in [0.15, 0.2) is 11.2 Å². The van der Waals surface area contributed by atoms with Crippen molar-refractivity contribution < 1.29 is 19.7 Å². The zero-order chi connectivity index (χ0) is 14.3. The van der Waals surface area contributed by atoms with Crippen LogP contribution in [0.4, 0.5) is 5.95 Å². The lowest BCUT2D eigenvalue weighted by Gasteiger charge is -2.13. The molecular weight excluding hydrogens is 266 g/mol. The van der Waals surface area contributed by atoms with Gasteiger partial charge in [-0.15, -0.1) is 0 Å². The third-order valence-electron chi connectivity index (χ3n) is 3.29. The zero-order valence-corrected chi connectivity index (χ0v) is 10.8. The van der Waals surface area contributed by atoms with Crippen LogP contribution in [0.25, 0.3) is 11.2 Å². The number of imidazole rings is 1. The smallest absolute Gasteiger partial charge is 0.246 e. The number of aliphatic hydroxyl groups excluding tert-OH is 2. The highest BCUT2D eigenvalue weighted by Crippen LogP contribution is 2.32. The summed E-state index contributed by atoms with van der Waals surface area (Å²) in [6.07, 6.45) is 0.0506. The molecular formula is C11H15N5O4. The first kappa shape index (κ1) is 13.0. The van der Waals surface area contributed by atoms with Gasteiger partial charge in [-0.2, -0.15) is 9.97 Å². The topological polar surface area (TPSA) is 129 Å². The van der Waals surface area contributed by atoms with Gasteiger partial charge in [-0.1, -0.05) is 0 Å². The lowest BCUT2D eigenvalue weighted by atomic mass is 10.2. The van der Waals surface area contributed by atoms with Gasteiger partial charge in [-0.25, -0.2) is 4.98 Å². The summed E-state index contributed by atoms with van der Waals surface area (Å²) >= 11 is 0. The Balaban J connectivity index is 2.03. The van der Waals surface area contributed by atoms with E-state index in [0.29, 0.717) is 17.6 Å². The molecule has 1 unspecified atom stereocenters. The van der Waals surface area contributed by atoms with Gasteiger partial charge in [0.25, 0.3) is 0 Å². The summed E-state index contributed by atoms with van der Waals surface area (Å²) in [6.45, 7) is -0.245. The molecule has 0 bridgehead atoms. The molecule has 0 aliphatic carbocycles. The van der Waals surface area contributed by atoms with Crippen molar-refractivity contribution in [2.45, 2.75) is 24.9 Å². The zero-order valence-electron chi connectivity index (χ0n) is 10.8. The number of nitrogen functional groups attached to an aromatic ring is 1. The predicted molar refractivity (Wildman–Crippen MR) is 67.9 cm³/mol. The van der Waals surface area contributed by atoms with Crippen LogP contribution in [0.1, 0.15) is 12.6 Å². The number of methoxy groups -OCH3 is 1. The van der Waals surface area contributed by atoms with Crippen molar-refractivity contribution in [1.29, 1.82) is 0 Å². The third-order valence-corrected chi connectivity index (χ3v) is 3.29. The molecule has 0 saturated carbocycles. The van der Waals surface area contributed by atoms with Crippen LogP contribution in [0.3, 0.4) is 0 Å². The number of hydrogen-bond acceptors (Lipinski definition) is 8. The molecule has 0 amide bonds. The van der Waals surface area contributed by atoms with Crippen molar-refractivity contribution in [3.8, 4) is 5.88 Å². The second-order valence-electron chi connectivity index (χ2n) is 4.53. The van der Waals surface area contributed by atoms with Crippen LogP contribution in [0.5, 0.6) is 5.88 Å². The minimum atomic E-state index is -0.733. The first-order valence-corrected chi connectivity index (χ1v) is 6.12.